The summed E-state index contributed by atoms with van der Waals surface area (Å²) < 4.78 is 0. The zero-order chi connectivity index (χ0) is 23.5. The van der Waals surface area contributed by atoms with Crippen molar-refractivity contribution in [3.05, 3.63) is 12.2 Å². The Balaban J connectivity index is 2.28. The van der Waals surface area contributed by atoms with Gasteiger partial charge in [0.1, 0.15) is 0 Å². The fraction of sp³-hybridized carbons (Fsp3) is 0.852. The van der Waals surface area contributed by atoms with E-state index in [2.05, 4.69) is 46.5 Å². The Kier molecular flexibility index (Phi) is 11.9. The molecule has 4 heteroatoms. The quantitative estimate of drug-likeness (QED) is 0.238. The molecule has 0 bridgehead atoms. The van der Waals surface area contributed by atoms with E-state index in [-0.39, 0.29) is 28.9 Å². The standard InChI is InChI=1S/C27H50N2O2/c1-8-9-10-11-12-13-14-15-16-17-18-19-24(30)28-23-20-26(4,5)29(25(31)22(2)3)27(6,7)21-23/h23H,2,8-21H2,1,3-7H3,(H,28,30). The molecule has 0 aromatic rings. The molecule has 1 N–H and O–H groups in total. The van der Waals surface area contributed by atoms with Crippen LogP contribution in [0.25, 0.3) is 0 Å². The Morgan fingerprint density at radius 2 is 1.26 bits per heavy atom. The molecule has 1 heterocycles. The van der Waals surface area contributed by atoms with Gasteiger partial charge in [-0.1, -0.05) is 77.7 Å². The Hall–Kier alpha value is -1.32. The SMILES string of the molecule is C=C(C)C(=O)N1C(C)(C)CC(NC(=O)CCCCCCCCCCCCC)CC1(C)C. The molecule has 180 valence electrons. The molecule has 2 amide bonds. The number of hydrogen-bond acceptors (Lipinski definition) is 2. The number of likely N-dealkylation sites (tertiary alicyclic amines) is 1. The van der Waals surface area contributed by atoms with Gasteiger partial charge in [0.2, 0.25) is 11.8 Å². The van der Waals surface area contributed by atoms with Gasteiger partial charge < -0.3 is 10.2 Å². The zero-order valence-electron chi connectivity index (χ0n) is 21.4. The fourth-order valence-corrected chi connectivity index (χ4v) is 5.37. The molecule has 1 aliphatic rings. The smallest absolute Gasteiger partial charge is 0.249 e. The largest absolute Gasteiger partial charge is 0.353 e. The third-order valence-corrected chi connectivity index (χ3v) is 6.64. The lowest BCUT2D eigenvalue weighted by Gasteiger charge is -2.55. The molecule has 31 heavy (non-hydrogen) atoms. The van der Waals surface area contributed by atoms with Crippen LogP contribution in [0.3, 0.4) is 0 Å². The van der Waals surface area contributed by atoms with Crippen molar-refractivity contribution in [1.29, 1.82) is 0 Å². The molecule has 1 rings (SSSR count). The summed E-state index contributed by atoms with van der Waals surface area (Å²) in [5.74, 6) is 0.174. The molecule has 0 atom stereocenters. The van der Waals surface area contributed by atoms with E-state index in [1.165, 1.54) is 57.8 Å². The van der Waals surface area contributed by atoms with Gasteiger partial charge in [-0.2, -0.15) is 0 Å². The van der Waals surface area contributed by atoms with Crippen LogP contribution in [0, 0.1) is 0 Å². The summed E-state index contributed by atoms with van der Waals surface area (Å²) in [6.07, 6.45) is 16.4. The van der Waals surface area contributed by atoms with Gasteiger partial charge in [0, 0.05) is 29.1 Å². The van der Waals surface area contributed by atoms with Crippen molar-refractivity contribution in [2.24, 2.45) is 0 Å². The van der Waals surface area contributed by atoms with Crippen molar-refractivity contribution in [3.63, 3.8) is 0 Å². The molecule has 4 nitrogen and oxygen atoms in total. The van der Waals surface area contributed by atoms with Gasteiger partial charge in [0.15, 0.2) is 0 Å². The van der Waals surface area contributed by atoms with Gasteiger partial charge in [-0.3, -0.25) is 9.59 Å². The van der Waals surface area contributed by atoms with Crippen molar-refractivity contribution in [1.82, 2.24) is 10.2 Å². The van der Waals surface area contributed by atoms with E-state index in [1.807, 2.05) is 4.90 Å². The molecule has 0 radical (unpaired) electrons. The summed E-state index contributed by atoms with van der Waals surface area (Å²) in [7, 11) is 0. The van der Waals surface area contributed by atoms with Crippen molar-refractivity contribution in [2.45, 2.75) is 149 Å². The van der Waals surface area contributed by atoms with Gasteiger partial charge >= 0.3 is 0 Å². The second kappa shape index (κ2) is 13.3. The van der Waals surface area contributed by atoms with E-state index in [1.54, 1.807) is 6.92 Å². The first-order valence-electron chi connectivity index (χ1n) is 12.8. The predicted octanol–water partition coefficient (Wildman–Crippen LogP) is 6.93. The zero-order valence-corrected chi connectivity index (χ0v) is 21.4. The van der Waals surface area contributed by atoms with E-state index in [9.17, 15) is 9.59 Å². The van der Waals surface area contributed by atoms with E-state index in [0.717, 1.165) is 25.7 Å². The van der Waals surface area contributed by atoms with Gasteiger partial charge in [-0.25, -0.2) is 0 Å². The maximum Gasteiger partial charge on any atom is 0.249 e. The summed E-state index contributed by atoms with van der Waals surface area (Å²) in [6, 6.07) is 0.111. The molecule has 0 aliphatic carbocycles. The highest BCUT2D eigenvalue weighted by atomic mass is 16.2. The first kappa shape index (κ1) is 27.7. The van der Waals surface area contributed by atoms with Crippen LogP contribution >= 0.6 is 0 Å². The van der Waals surface area contributed by atoms with Gasteiger partial charge in [-0.15, -0.1) is 0 Å². The number of nitrogens with one attached hydrogen (secondary N) is 1. The molecule has 1 aliphatic heterocycles. The van der Waals surface area contributed by atoms with Gasteiger partial charge in [0.05, 0.1) is 0 Å². The van der Waals surface area contributed by atoms with E-state index in [4.69, 9.17) is 0 Å². The first-order valence-corrected chi connectivity index (χ1v) is 12.8. The van der Waals surface area contributed by atoms with Crippen LogP contribution in [0.1, 0.15) is 131 Å². The molecule has 1 saturated heterocycles. The number of hydrogen-bond donors (Lipinski definition) is 1. The highest BCUT2D eigenvalue weighted by Crippen LogP contribution is 2.39. The number of rotatable bonds is 14. The third-order valence-electron chi connectivity index (χ3n) is 6.64. The minimum absolute atomic E-state index is 0.0146. The van der Waals surface area contributed by atoms with E-state index < -0.39 is 0 Å². The van der Waals surface area contributed by atoms with Crippen LogP contribution in [0.5, 0.6) is 0 Å². The number of nitrogens with zero attached hydrogens (tertiary/aromatic N) is 1. The Morgan fingerprint density at radius 3 is 1.68 bits per heavy atom. The summed E-state index contributed by atoms with van der Waals surface area (Å²) in [5.41, 5.74) is -0.0569. The molecule has 1 fully saturated rings. The lowest BCUT2D eigenvalue weighted by Crippen LogP contribution is -2.66. The lowest BCUT2D eigenvalue weighted by atomic mass is 9.76. The molecular formula is C27H50N2O2. The van der Waals surface area contributed by atoms with E-state index in [0.29, 0.717) is 12.0 Å². The van der Waals surface area contributed by atoms with Crippen LogP contribution in [-0.4, -0.2) is 33.8 Å². The summed E-state index contributed by atoms with van der Waals surface area (Å²) in [6.45, 7) is 16.3. The van der Waals surface area contributed by atoms with Crippen molar-refractivity contribution >= 4 is 11.8 Å². The van der Waals surface area contributed by atoms with Crippen LogP contribution < -0.4 is 5.32 Å². The fourth-order valence-electron chi connectivity index (χ4n) is 5.37. The highest BCUT2D eigenvalue weighted by Gasteiger charge is 2.47. The van der Waals surface area contributed by atoms with Crippen LogP contribution in [0.2, 0.25) is 0 Å². The Morgan fingerprint density at radius 1 is 0.839 bits per heavy atom. The Labute approximate surface area is 192 Å². The van der Waals surface area contributed by atoms with Crippen LogP contribution in [0.4, 0.5) is 0 Å². The van der Waals surface area contributed by atoms with Crippen LogP contribution in [-0.2, 0) is 9.59 Å². The minimum Gasteiger partial charge on any atom is -0.353 e. The monoisotopic (exact) mass is 434 g/mol. The average Bonchev–Trinajstić information content (AvgIpc) is 2.63. The molecule has 0 aromatic carbocycles. The topological polar surface area (TPSA) is 49.4 Å². The first-order chi connectivity index (χ1) is 14.5. The van der Waals surface area contributed by atoms with Crippen molar-refractivity contribution < 1.29 is 9.59 Å². The maximum atomic E-state index is 12.7. The van der Waals surface area contributed by atoms with Crippen molar-refractivity contribution in [3.8, 4) is 0 Å². The number of carbonyl (C=O) groups is 2. The minimum atomic E-state index is -0.313. The van der Waals surface area contributed by atoms with Crippen molar-refractivity contribution in [2.75, 3.05) is 0 Å². The second-order valence-corrected chi connectivity index (χ2v) is 11.0. The summed E-state index contributed by atoms with van der Waals surface area (Å²) in [5, 5.41) is 3.26. The molecule has 0 aromatic heterocycles. The Bertz CT molecular complexity index is 562. The third kappa shape index (κ3) is 9.78. The second-order valence-electron chi connectivity index (χ2n) is 11.0. The van der Waals surface area contributed by atoms with Crippen LogP contribution in [0.15, 0.2) is 12.2 Å². The van der Waals surface area contributed by atoms with Gasteiger partial charge in [-0.05, 0) is 53.9 Å². The summed E-state index contributed by atoms with van der Waals surface area (Å²) in [4.78, 5) is 27.2. The predicted molar refractivity (Wildman–Crippen MR) is 132 cm³/mol. The average molecular weight is 435 g/mol. The van der Waals surface area contributed by atoms with Gasteiger partial charge in [0.25, 0.3) is 0 Å². The molecule has 0 spiro atoms. The van der Waals surface area contributed by atoms with E-state index >= 15 is 0 Å². The highest BCUT2D eigenvalue weighted by molar-refractivity contribution is 5.93. The number of carbonyl (C=O) groups excluding carboxylic acids is 2. The lowest BCUT2D eigenvalue weighted by molar-refractivity contribution is -0.146. The summed E-state index contributed by atoms with van der Waals surface area (Å²) >= 11 is 0. The number of amides is 2. The molecule has 0 unspecified atom stereocenters. The maximum absolute atomic E-state index is 12.7. The molecular weight excluding hydrogens is 384 g/mol. The normalized spacial score (nSPS) is 18.1. The number of unbranched alkanes of at least 4 members (excludes halogenated alkanes) is 10. The number of piperidine rings is 1. The molecule has 0 saturated carbocycles.